The summed E-state index contributed by atoms with van der Waals surface area (Å²) in [6.07, 6.45) is -0.524. The molecule has 0 fully saturated rings. The van der Waals surface area contributed by atoms with Gasteiger partial charge in [0.1, 0.15) is 6.61 Å². The summed E-state index contributed by atoms with van der Waals surface area (Å²) in [6, 6.07) is 23.7. The summed E-state index contributed by atoms with van der Waals surface area (Å²) in [5, 5.41) is 12.5. The van der Waals surface area contributed by atoms with Crippen molar-refractivity contribution < 1.29 is 14.6 Å². The first-order valence-electron chi connectivity index (χ1n) is 9.47. The minimum Gasteiger partial charge on any atom is -0.449 e. The van der Waals surface area contributed by atoms with Crippen molar-refractivity contribution in [2.75, 3.05) is 13.2 Å². The third-order valence-corrected chi connectivity index (χ3v) is 5.38. The Morgan fingerprint density at radius 3 is 2.14 bits per heavy atom. The van der Waals surface area contributed by atoms with Crippen LogP contribution < -0.4 is 5.32 Å². The second kappa shape index (κ2) is 7.87. The number of hydrogen-bond acceptors (Lipinski definition) is 3. The standard InChI is InChI=1S/C24H23NO3/c1-16-8-2-3-9-17(16)23(14-26)25-24(27)28-15-22-20-12-6-4-10-18(20)19-11-5-7-13-21(19)22/h2-13,22-23,26H,14-15H2,1H3,(H,25,27). The molecule has 4 heteroatoms. The number of amides is 1. The normalized spacial score (nSPS) is 13.5. The van der Waals surface area contributed by atoms with Crippen LogP contribution in [0.1, 0.15) is 34.2 Å². The number of carbonyl (C=O) groups excluding carboxylic acids is 1. The number of aliphatic hydroxyl groups excluding tert-OH is 1. The molecular formula is C24H23NO3. The third-order valence-electron chi connectivity index (χ3n) is 5.38. The van der Waals surface area contributed by atoms with Gasteiger partial charge >= 0.3 is 6.09 Å². The number of aliphatic hydroxyl groups is 1. The van der Waals surface area contributed by atoms with E-state index >= 15 is 0 Å². The van der Waals surface area contributed by atoms with Crippen molar-refractivity contribution >= 4 is 6.09 Å². The van der Waals surface area contributed by atoms with E-state index in [1.54, 1.807) is 0 Å². The number of fused-ring (bicyclic) bond motifs is 3. The minimum atomic E-state index is -0.524. The Labute approximate surface area is 164 Å². The van der Waals surface area contributed by atoms with E-state index in [4.69, 9.17) is 4.74 Å². The van der Waals surface area contributed by atoms with Crippen LogP contribution in [0.25, 0.3) is 11.1 Å². The van der Waals surface area contributed by atoms with Gasteiger partial charge in [-0.1, -0.05) is 72.8 Å². The van der Waals surface area contributed by atoms with Crippen LogP contribution >= 0.6 is 0 Å². The van der Waals surface area contributed by atoms with Gasteiger partial charge in [0.2, 0.25) is 0 Å². The summed E-state index contributed by atoms with van der Waals surface area (Å²) in [5.74, 6) is 0.0178. The lowest BCUT2D eigenvalue weighted by atomic mass is 9.98. The first kappa shape index (κ1) is 18.3. The van der Waals surface area contributed by atoms with E-state index in [-0.39, 0.29) is 19.1 Å². The molecule has 3 aromatic carbocycles. The van der Waals surface area contributed by atoms with E-state index in [0.29, 0.717) is 0 Å². The van der Waals surface area contributed by atoms with Gasteiger partial charge in [0.05, 0.1) is 12.6 Å². The fraction of sp³-hybridized carbons (Fsp3) is 0.208. The average Bonchev–Trinajstić information content (AvgIpc) is 3.05. The molecule has 0 saturated heterocycles. The molecule has 28 heavy (non-hydrogen) atoms. The zero-order valence-corrected chi connectivity index (χ0v) is 15.8. The van der Waals surface area contributed by atoms with Gasteiger partial charge in [-0.2, -0.15) is 0 Å². The van der Waals surface area contributed by atoms with Gasteiger partial charge in [-0.3, -0.25) is 0 Å². The maximum absolute atomic E-state index is 12.4. The van der Waals surface area contributed by atoms with Gasteiger partial charge in [0.15, 0.2) is 0 Å². The Kier molecular flexibility index (Phi) is 5.13. The number of alkyl carbamates (subject to hydrolysis) is 1. The van der Waals surface area contributed by atoms with Crippen LogP contribution in [0.15, 0.2) is 72.8 Å². The Bertz CT molecular complexity index is 953. The van der Waals surface area contributed by atoms with Crippen molar-refractivity contribution in [2.45, 2.75) is 18.9 Å². The number of ether oxygens (including phenoxy) is 1. The molecule has 0 heterocycles. The van der Waals surface area contributed by atoms with Crippen LogP contribution in [0.2, 0.25) is 0 Å². The van der Waals surface area contributed by atoms with Crippen molar-refractivity contribution in [1.29, 1.82) is 0 Å². The monoisotopic (exact) mass is 373 g/mol. The summed E-state index contributed by atoms with van der Waals surface area (Å²) < 4.78 is 5.57. The Hall–Kier alpha value is -3.11. The zero-order chi connectivity index (χ0) is 19.5. The van der Waals surface area contributed by atoms with Gasteiger partial charge in [0.25, 0.3) is 0 Å². The van der Waals surface area contributed by atoms with Crippen molar-refractivity contribution in [1.82, 2.24) is 5.32 Å². The van der Waals surface area contributed by atoms with Gasteiger partial charge in [-0.25, -0.2) is 4.79 Å². The SMILES string of the molecule is Cc1ccccc1C(CO)NC(=O)OCC1c2ccccc2-c2ccccc21. The fourth-order valence-corrected chi connectivity index (χ4v) is 3.98. The molecule has 0 aromatic heterocycles. The highest BCUT2D eigenvalue weighted by Gasteiger charge is 2.29. The smallest absolute Gasteiger partial charge is 0.407 e. The summed E-state index contributed by atoms with van der Waals surface area (Å²) in [7, 11) is 0. The summed E-state index contributed by atoms with van der Waals surface area (Å²) >= 11 is 0. The van der Waals surface area contributed by atoms with Gasteiger partial charge < -0.3 is 15.2 Å². The molecule has 0 spiro atoms. The second-order valence-corrected chi connectivity index (χ2v) is 7.06. The number of benzene rings is 3. The first-order valence-corrected chi connectivity index (χ1v) is 9.47. The predicted octanol–water partition coefficient (Wildman–Crippen LogP) is 4.57. The van der Waals surface area contributed by atoms with Gasteiger partial charge in [0, 0.05) is 5.92 Å². The maximum atomic E-state index is 12.4. The van der Waals surface area contributed by atoms with Crippen molar-refractivity contribution in [3.8, 4) is 11.1 Å². The molecule has 1 atom stereocenters. The fourth-order valence-electron chi connectivity index (χ4n) is 3.98. The van der Waals surface area contributed by atoms with E-state index in [1.807, 2.05) is 55.5 Å². The molecule has 142 valence electrons. The zero-order valence-electron chi connectivity index (χ0n) is 15.8. The number of aryl methyl sites for hydroxylation is 1. The molecule has 0 bridgehead atoms. The Morgan fingerprint density at radius 1 is 0.964 bits per heavy atom. The first-order chi connectivity index (χ1) is 13.7. The lowest BCUT2D eigenvalue weighted by molar-refractivity contribution is 0.132. The molecule has 1 aliphatic rings. The Morgan fingerprint density at radius 2 is 1.54 bits per heavy atom. The van der Waals surface area contributed by atoms with Crippen molar-refractivity contribution in [3.05, 3.63) is 95.1 Å². The predicted molar refractivity (Wildman–Crippen MR) is 109 cm³/mol. The van der Waals surface area contributed by atoms with E-state index in [9.17, 15) is 9.90 Å². The van der Waals surface area contributed by atoms with E-state index in [1.165, 1.54) is 22.3 Å². The van der Waals surface area contributed by atoms with E-state index in [0.717, 1.165) is 11.1 Å². The van der Waals surface area contributed by atoms with Gasteiger partial charge in [-0.05, 0) is 40.3 Å². The average molecular weight is 373 g/mol. The van der Waals surface area contributed by atoms with E-state index in [2.05, 4.69) is 29.6 Å². The highest BCUT2D eigenvalue weighted by molar-refractivity contribution is 5.79. The maximum Gasteiger partial charge on any atom is 0.407 e. The lowest BCUT2D eigenvalue weighted by Gasteiger charge is -2.20. The van der Waals surface area contributed by atoms with Crippen molar-refractivity contribution in [3.63, 3.8) is 0 Å². The molecule has 4 nitrogen and oxygen atoms in total. The summed E-state index contributed by atoms with van der Waals surface area (Å²) in [5.41, 5.74) is 6.64. The third kappa shape index (κ3) is 3.39. The van der Waals surface area contributed by atoms with Crippen LogP contribution in [0.3, 0.4) is 0 Å². The van der Waals surface area contributed by atoms with Crippen molar-refractivity contribution in [2.24, 2.45) is 0 Å². The molecule has 2 N–H and O–H groups in total. The van der Waals surface area contributed by atoms with Gasteiger partial charge in [-0.15, -0.1) is 0 Å². The molecule has 1 amide bonds. The molecular weight excluding hydrogens is 350 g/mol. The molecule has 0 radical (unpaired) electrons. The summed E-state index contributed by atoms with van der Waals surface area (Å²) in [6.45, 7) is 2.03. The molecule has 1 aliphatic carbocycles. The molecule has 0 aliphatic heterocycles. The number of rotatable bonds is 5. The molecule has 0 saturated carbocycles. The lowest BCUT2D eigenvalue weighted by Crippen LogP contribution is -2.32. The topological polar surface area (TPSA) is 58.6 Å². The van der Waals surface area contributed by atoms with E-state index < -0.39 is 12.1 Å². The molecule has 4 rings (SSSR count). The number of hydrogen-bond donors (Lipinski definition) is 2. The molecule has 1 unspecified atom stereocenters. The molecule has 3 aromatic rings. The van der Waals surface area contributed by atoms with Crippen LogP contribution in [0.4, 0.5) is 4.79 Å². The quantitative estimate of drug-likeness (QED) is 0.689. The highest BCUT2D eigenvalue weighted by atomic mass is 16.5. The minimum absolute atomic E-state index is 0.0178. The van der Waals surface area contributed by atoms with Crippen LogP contribution in [0.5, 0.6) is 0 Å². The van der Waals surface area contributed by atoms with Crippen LogP contribution in [-0.4, -0.2) is 24.4 Å². The summed E-state index contributed by atoms with van der Waals surface area (Å²) in [4.78, 5) is 12.4. The van der Waals surface area contributed by atoms with Crippen LogP contribution in [-0.2, 0) is 4.74 Å². The second-order valence-electron chi connectivity index (χ2n) is 7.06. The Balaban J connectivity index is 1.47. The largest absolute Gasteiger partial charge is 0.449 e. The van der Waals surface area contributed by atoms with Crippen LogP contribution in [0, 0.1) is 6.92 Å². The highest BCUT2D eigenvalue weighted by Crippen LogP contribution is 2.44. The number of carbonyl (C=O) groups is 1. The number of nitrogens with one attached hydrogen (secondary N) is 1.